The Morgan fingerprint density at radius 2 is 2.24 bits per heavy atom. The number of ether oxygens (including phenoxy) is 2. The number of hydrogen-bond acceptors (Lipinski definition) is 4. The van der Waals surface area contributed by atoms with E-state index >= 15 is 0 Å². The number of piperidine rings is 1. The van der Waals surface area contributed by atoms with E-state index in [2.05, 4.69) is 25.7 Å². The normalized spacial score (nSPS) is 24.5. The van der Waals surface area contributed by atoms with Gasteiger partial charge in [0.15, 0.2) is 0 Å². The molecule has 0 unspecified atom stereocenters. The van der Waals surface area contributed by atoms with Gasteiger partial charge in [-0.15, -0.1) is 0 Å². The molecular formula is C17H23NO3. The maximum absolute atomic E-state index is 11.5. The predicted octanol–water partition coefficient (Wildman–Crippen LogP) is 2.86. The number of benzene rings is 1. The average Bonchev–Trinajstić information content (AvgIpc) is 2.82. The minimum atomic E-state index is -0.230. The highest BCUT2D eigenvalue weighted by Crippen LogP contribution is 2.34. The lowest BCUT2D eigenvalue weighted by atomic mass is 9.80. The van der Waals surface area contributed by atoms with E-state index in [1.165, 1.54) is 0 Å². The molecule has 0 N–H and O–H groups in total. The molecule has 21 heavy (non-hydrogen) atoms. The van der Waals surface area contributed by atoms with E-state index in [1.54, 1.807) is 0 Å². The first-order valence-corrected chi connectivity index (χ1v) is 7.68. The van der Waals surface area contributed by atoms with Gasteiger partial charge in [-0.3, -0.25) is 4.90 Å². The number of fused-ring (bicyclic) bond motifs is 1. The van der Waals surface area contributed by atoms with E-state index < -0.39 is 0 Å². The summed E-state index contributed by atoms with van der Waals surface area (Å²) in [7, 11) is 0. The van der Waals surface area contributed by atoms with Crippen LogP contribution in [-0.2, 0) is 11.3 Å². The molecule has 0 aliphatic carbocycles. The summed E-state index contributed by atoms with van der Waals surface area (Å²) in [6.07, 6.45) is 1.31. The molecule has 2 aliphatic heterocycles. The minimum absolute atomic E-state index is 0.164. The highest BCUT2D eigenvalue weighted by atomic mass is 16.5. The molecule has 0 bridgehead atoms. The number of rotatable bonds is 3. The minimum Gasteiger partial charge on any atom is -0.489 e. The van der Waals surface area contributed by atoms with Crippen LogP contribution in [0.25, 0.3) is 0 Å². The van der Waals surface area contributed by atoms with Gasteiger partial charge in [0.1, 0.15) is 18.5 Å². The van der Waals surface area contributed by atoms with Crippen molar-refractivity contribution in [2.24, 2.45) is 5.41 Å². The van der Waals surface area contributed by atoms with Crippen molar-refractivity contribution in [3.8, 4) is 5.75 Å². The zero-order chi connectivity index (χ0) is 15.0. The molecule has 4 nitrogen and oxygen atoms in total. The number of carbonyl (C=O) groups is 1. The molecule has 1 aromatic rings. The van der Waals surface area contributed by atoms with E-state index in [1.807, 2.05) is 18.2 Å². The van der Waals surface area contributed by atoms with Crippen molar-refractivity contribution in [1.82, 2.24) is 4.90 Å². The number of esters is 1. The van der Waals surface area contributed by atoms with Crippen LogP contribution in [0.15, 0.2) is 18.2 Å². The molecule has 0 saturated carbocycles. The summed E-state index contributed by atoms with van der Waals surface area (Å²) in [5.41, 5.74) is 1.76. The number of likely N-dealkylation sites (tertiary alicyclic amines) is 1. The molecule has 1 aromatic carbocycles. The Bertz CT molecular complexity index is 553. The topological polar surface area (TPSA) is 38.8 Å². The second-order valence-electron chi connectivity index (χ2n) is 6.63. The third-order valence-electron chi connectivity index (χ3n) is 4.75. The van der Waals surface area contributed by atoms with E-state index in [0.29, 0.717) is 12.2 Å². The molecule has 4 heteroatoms. The Kier molecular flexibility index (Phi) is 3.66. The van der Waals surface area contributed by atoms with Gasteiger partial charge in [-0.05, 0) is 37.7 Å². The average molecular weight is 289 g/mol. The summed E-state index contributed by atoms with van der Waals surface area (Å²) in [4.78, 5) is 13.9. The van der Waals surface area contributed by atoms with Crippen LogP contribution in [0, 0.1) is 5.41 Å². The standard InChI is InChI=1S/C17H23NO3/c1-4-18-8-7-17(2,3)15(10-18)21-13-5-6-14-12(9-13)11-20-16(14)19/h5-6,9,15H,4,7-8,10-11H2,1-3H3/t15-/m1/s1. The summed E-state index contributed by atoms with van der Waals surface area (Å²) in [6, 6.07) is 5.64. The first kappa shape index (κ1) is 14.4. The van der Waals surface area contributed by atoms with Crippen molar-refractivity contribution in [2.75, 3.05) is 19.6 Å². The van der Waals surface area contributed by atoms with Crippen molar-refractivity contribution in [3.05, 3.63) is 29.3 Å². The van der Waals surface area contributed by atoms with Crippen LogP contribution in [-0.4, -0.2) is 36.6 Å². The van der Waals surface area contributed by atoms with Crippen LogP contribution >= 0.6 is 0 Å². The first-order chi connectivity index (χ1) is 9.99. The Balaban J connectivity index is 1.77. The van der Waals surface area contributed by atoms with E-state index in [9.17, 15) is 4.79 Å². The monoisotopic (exact) mass is 289 g/mol. The molecule has 1 saturated heterocycles. The summed E-state index contributed by atoms with van der Waals surface area (Å²) in [6.45, 7) is 10.2. The van der Waals surface area contributed by atoms with Crippen LogP contribution in [0.2, 0.25) is 0 Å². The fourth-order valence-corrected chi connectivity index (χ4v) is 3.01. The van der Waals surface area contributed by atoms with Crippen LogP contribution in [0.4, 0.5) is 0 Å². The van der Waals surface area contributed by atoms with E-state index in [-0.39, 0.29) is 17.5 Å². The van der Waals surface area contributed by atoms with Crippen LogP contribution in [0.1, 0.15) is 43.1 Å². The third kappa shape index (κ3) is 2.77. The largest absolute Gasteiger partial charge is 0.489 e. The van der Waals surface area contributed by atoms with Gasteiger partial charge in [0.25, 0.3) is 0 Å². The lowest BCUT2D eigenvalue weighted by Gasteiger charge is -2.43. The zero-order valence-corrected chi connectivity index (χ0v) is 13.0. The second kappa shape index (κ2) is 5.34. The van der Waals surface area contributed by atoms with Gasteiger partial charge in [-0.25, -0.2) is 4.79 Å². The molecule has 1 fully saturated rings. The van der Waals surface area contributed by atoms with Crippen LogP contribution in [0.5, 0.6) is 5.75 Å². The van der Waals surface area contributed by atoms with Crippen molar-refractivity contribution in [3.63, 3.8) is 0 Å². The lowest BCUT2D eigenvalue weighted by Crippen LogP contribution is -2.50. The van der Waals surface area contributed by atoms with Gasteiger partial charge in [0.2, 0.25) is 0 Å². The number of likely N-dealkylation sites (N-methyl/N-ethyl adjacent to an activating group) is 1. The molecule has 114 valence electrons. The molecule has 1 atom stereocenters. The smallest absolute Gasteiger partial charge is 0.338 e. The number of carbonyl (C=O) groups excluding carboxylic acids is 1. The van der Waals surface area contributed by atoms with Gasteiger partial charge in [0.05, 0.1) is 5.56 Å². The Hall–Kier alpha value is -1.55. The summed E-state index contributed by atoms with van der Waals surface area (Å²) < 4.78 is 11.3. The van der Waals surface area contributed by atoms with E-state index in [4.69, 9.17) is 9.47 Å². The molecule has 0 amide bonds. The maximum Gasteiger partial charge on any atom is 0.338 e. The van der Waals surface area contributed by atoms with E-state index in [0.717, 1.165) is 37.4 Å². The molecule has 0 aromatic heterocycles. The quantitative estimate of drug-likeness (QED) is 0.802. The van der Waals surface area contributed by atoms with Gasteiger partial charge in [-0.1, -0.05) is 20.8 Å². The molecular weight excluding hydrogens is 266 g/mol. The molecule has 2 heterocycles. The van der Waals surface area contributed by atoms with Crippen LogP contribution in [0.3, 0.4) is 0 Å². The maximum atomic E-state index is 11.5. The van der Waals surface area contributed by atoms with Gasteiger partial charge < -0.3 is 9.47 Å². The molecule has 0 spiro atoms. The van der Waals surface area contributed by atoms with Gasteiger partial charge in [-0.2, -0.15) is 0 Å². The molecule has 2 aliphatic rings. The third-order valence-corrected chi connectivity index (χ3v) is 4.75. The van der Waals surface area contributed by atoms with Crippen molar-refractivity contribution >= 4 is 5.97 Å². The summed E-state index contributed by atoms with van der Waals surface area (Å²) in [5.74, 6) is 0.606. The zero-order valence-electron chi connectivity index (χ0n) is 13.0. The Labute approximate surface area is 126 Å². The SMILES string of the molecule is CCN1CCC(C)(C)[C@H](Oc2ccc3c(c2)COC3=O)C1. The summed E-state index contributed by atoms with van der Waals surface area (Å²) in [5, 5.41) is 0. The number of hydrogen-bond donors (Lipinski definition) is 0. The number of nitrogens with zero attached hydrogens (tertiary/aromatic N) is 1. The first-order valence-electron chi connectivity index (χ1n) is 7.68. The van der Waals surface area contributed by atoms with Crippen LogP contribution < -0.4 is 4.74 Å². The molecule has 0 radical (unpaired) electrons. The fraction of sp³-hybridized carbons (Fsp3) is 0.588. The van der Waals surface area contributed by atoms with Gasteiger partial charge >= 0.3 is 5.97 Å². The van der Waals surface area contributed by atoms with Crippen molar-refractivity contribution in [1.29, 1.82) is 0 Å². The second-order valence-corrected chi connectivity index (χ2v) is 6.63. The lowest BCUT2D eigenvalue weighted by molar-refractivity contribution is -0.00667. The highest BCUT2D eigenvalue weighted by Gasteiger charge is 2.37. The summed E-state index contributed by atoms with van der Waals surface area (Å²) >= 11 is 0. The van der Waals surface area contributed by atoms with Crippen molar-refractivity contribution in [2.45, 2.75) is 39.9 Å². The Morgan fingerprint density at radius 3 is 3.00 bits per heavy atom. The molecule has 3 rings (SSSR count). The number of cyclic esters (lactones) is 1. The highest BCUT2D eigenvalue weighted by molar-refractivity contribution is 5.93. The predicted molar refractivity (Wildman–Crippen MR) is 80.5 cm³/mol. The van der Waals surface area contributed by atoms with Crippen molar-refractivity contribution < 1.29 is 14.3 Å². The Morgan fingerprint density at radius 1 is 1.43 bits per heavy atom. The van der Waals surface area contributed by atoms with Gasteiger partial charge in [0, 0.05) is 17.5 Å². The fourth-order valence-electron chi connectivity index (χ4n) is 3.01.